The number of nitrogens with two attached hydrogens (primary N) is 1. The van der Waals surface area contributed by atoms with Crippen molar-refractivity contribution in [3.63, 3.8) is 0 Å². The van der Waals surface area contributed by atoms with Crippen molar-refractivity contribution in [3.05, 3.63) is 40.2 Å². The summed E-state index contributed by atoms with van der Waals surface area (Å²) in [5.74, 6) is 6.55. The van der Waals surface area contributed by atoms with E-state index in [-0.39, 0.29) is 24.1 Å². The van der Waals surface area contributed by atoms with E-state index < -0.39 is 4.92 Å². The molecule has 0 amide bonds. The maximum absolute atomic E-state index is 11.1. The summed E-state index contributed by atoms with van der Waals surface area (Å²) in [5.41, 5.74) is 2.73. The Labute approximate surface area is 124 Å². The van der Waals surface area contributed by atoms with Gasteiger partial charge in [0.25, 0.3) is 0 Å². The SMILES string of the molecule is NNc1ncnc(NCc2ccc3c(c2)OCO3)c1[N+](=O)[O-]. The van der Waals surface area contributed by atoms with E-state index in [0.717, 1.165) is 5.56 Å². The van der Waals surface area contributed by atoms with Crippen LogP contribution >= 0.6 is 0 Å². The van der Waals surface area contributed by atoms with E-state index in [0.29, 0.717) is 18.0 Å². The number of fused-ring (bicyclic) bond motifs is 1. The summed E-state index contributed by atoms with van der Waals surface area (Å²) in [7, 11) is 0. The number of ether oxygens (including phenoxy) is 2. The molecule has 0 unspecified atom stereocenters. The van der Waals surface area contributed by atoms with Crippen LogP contribution in [0.2, 0.25) is 0 Å². The molecule has 2 aromatic rings. The lowest BCUT2D eigenvalue weighted by molar-refractivity contribution is -0.383. The summed E-state index contributed by atoms with van der Waals surface area (Å²) in [5, 5.41) is 14.0. The van der Waals surface area contributed by atoms with Crippen LogP contribution in [0.25, 0.3) is 0 Å². The van der Waals surface area contributed by atoms with Crippen LogP contribution in [-0.2, 0) is 6.54 Å². The van der Waals surface area contributed by atoms with Crippen molar-refractivity contribution >= 4 is 17.3 Å². The van der Waals surface area contributed by atoms with Crippen LogP contribution in [0.5, 0.6) is 11.5 Å². The van der Waals surface area contributed by atoms with E-state index >= 15 is 0 Å². The molecule has 0 spiro atoms. The van der Waals surface area contributed by atoms with E-state index in [1.54, 1.807) is 12.1 Å². The smallest absolute Gasteiger partial charge is 0.354 e. The molecular weight excluding hydrogens is 292 g/mol. The molecular formula is C12H12N6O4. The molecule has 1 aliphatic rings. The quantitative estimate of drug-likeness (QED) is 0.419. The Morgan fingerprint density at radius 3 is 2.82 bits per heavy atom. The lowest BCUT2D eigenvalue weighted by atomic mass is 10.2. The van der Waals surface area contributed by atoms with Gasteiger partial charge in [-0.15, -0.1) is 0 Å². The molecule has 3 rings (SSSR count). The van der Waals surface area contributed by atoms with Crippen molar-refractivity contribution < 1.29 is 14.4 Å². The van der Waals surface area contributed by atoms with Gasteiger partial charge in [-0.2, -0.15) is 0 Å². The van der Waals surface area contributed by atoms with Gasteiger partial charge in [0.1, 0.15) is 6.33 Å². The minimum Gasteiger partial charge on any atom is -0.454 e. The molecule has 0 bridgehead atoms. The van der Waals surface area contributed by atoms with Gasteiger partial charge in [-0.3, -0.25) is 10.1 Å². The fraction of sp³-hybridized carbons (Fsp3) is 0.167. The minimum absolute atomic E-state index is 0.0619. The van der Waals surface area contributed by atoms with Gasteiger partial charge in [0, 0.05) is 6.54 Å². The number of nitrogens with zero attached hydrogens (tertiary/aromatic N) is 3. The molecule has 114 valence electrons. The normalized spacial score (nSPS) is 12.0. The first-order valence-corrected chi connectivity index (χ1v) is 6.27. The molecule has 10 heteroatoms. The number of nitro groups is 1. The molecule has 0 saturated heterocycles. The molecule has 0 radical (unpaired) electrons. The second-order valence-electron chi connectivity index (χ2n) is 4.36. The first-order valence-electron chi connectivity index (χ1n) is 6.27. The van der Waals surface area contributed by atoms with Crippen LogP contribution in [0.4, 0.5) is 17.3 Å². The third-order valence-corrected chi connectivity index (χ3v) is 3.04. The monoisotopic (exact) mass is 304 g/mol. The van der Waals surface area contributed by atoms with Crippen LogP contribution in [-0.4, -0.2) is 21.7 Å². The number of rotatable bonds is 5. The van der Waals surface area contributed by atoms with Crippen molar-refractivity contribution in [2.24, 2.45) is 5.84 Å². The lowest BCUT2D eigenvalue weighted by Crippen LogP contribution is -2.13. The number of nitrogen functional groups attached to an aromatic ring is 1. The van der Waals surface area contributed by atoms with Crippen LogP contribution in [0.15, 0.2) is 24.5 Å². The van der Waals surface area contributed by atoms with Crippen molar-refractivity contribution in [2.45, 2.75) is 6.54 Å². The molecule has 1 aromatic carbocycles. The van der Waals surface area contributed by atoms with Gasteiger partial charge < -0.3 is 20.2 Å². The van der Waals surface area contributed by atoms with Crippen molar-refractivity contribution in [1.82, 2.24) is 9.97 Å². The van der Waals surface area contributed by atoms with Gasteiger partial charge in [-0.05, 0) is 17.7 Å². The minimum atomic E-state index is -0.600. The number of nitrogens with one attached hydrogen (secondary N) is 2. The van der Waals surface area contributed by atoms with Crippen molar-refractivity contribution in [1.29, 1.82) is 0 Å². The highest BCUT2D eigenvalue weighted by Crippen LogP contribution is 2.33. The zero-order valence-corrected chi connectivity index (χ0v) is 11.3. The molecule has 0 saturated carbocycles. The van der Waals surface area contributed by atoms with E-state index in [1.807, 2.05) is 6.07 Å². The van der Waals surface area contributed by atoms with Gasteiger partial charge in [0.2, 0.25) is 18.4 Å². The zero-order valence-electron chi connectivity index (χ0n) is 11.3. The highest BCUT2D eigenvalue weighted by atomic mass is 16.7. The maximum Gasteiger partial charge on any atom is 0.354 e. The first-order chi connectivity index (χ1) is 10.7. The Hall–Kier alpha value is -3.14. The molecule has 0 fully saturated rings. The van der Waals surface area contributed by atoms with Gasteiger partial charge in [-0.25, -0.2) is 15.8 Å². The number of hydrogen-bond acceptors (Lipinski definition) is 9. The Morgan fingerprint density at radius 2 is 2.05 bits per heavy atom. The van der Waals surface area contributed by atoms with Crippen molar-refractivity contribution in [2.75, 3.05) is 17.5 Å². The molecule has 4 N–H and O–H groups in total. The topological polar surface area (TPSA) is 137 Å². The average Bonchev–Trinajstić information content (AvgIpc) is 2.99. The second-order valence-corrected chi connectivity index (χ2v) is 4.36. The molecule has 0 aliphatic carbocycles. The zero-order chi connectivity index (χ0) is 15.5. The third-order valence-electron chi connectivity index (χ3n) is 3.04. The Balaban J connectivity index is 1.80. The van der Waals surface area contributed by atoms with Gasteiger partial charge in [0.15, 0.2) is 11.5 Å². The van der Waals surface area contributed by atoms with Crippen LogP contribution in [0, 0.1) is 10.1 Å². The standard InChI is InChI=1S/C12H12N6O4/c13-17-12-10(18(19)20)11(15-5-16-12)14-4-7-1-2-8-9(3-7)22-6-21-8/h1-3,5H,4,6,13H2,(H2,14,15,16,17). The summed E-state index contributed by atoms with van der Waals surface area (Å²) < 4.78 is 10.5. The Morgan fingerprint density at radius 1 is 1.27 bits per heavy atom. The van der Waals surface area contributed by atoms with Crippen LogP contribution in [0.3, 0.4) is 0 Å². The largest absolute Gasteiger partial charge is 0.454 e. The highest BCUT2D eigenvalue weighted by Gasteiger charge is 2.22. The summed E-state index contributed by atoms with van der Waals surface area (Å²) in [6.07, 6.45) is 1.18. The molecule has 1 aliphatic heterocycles. The molecule has 2 heterocycles. The van der Waals surface area contributed by atoms with Gasteiger partial charge in [0.05, 0.1) is 4.92 Å². The number of hydrogen-bond donors (Lipinski definition) is 3. The van der Waals surface area contributed by atoms with E-state index in [9.17, 15) is 10.1 Å². The molecule has 0 atom stereocenters. The summed E-state index contributed by atoms with van der Waals surface area (Å²) in [6.45, 7) is 0.508. The van der Waals surface area contributed by atoms with Gasteiger partial charge >= 0.3 is 5.69 Å². The summed E-state index contributed by atoms with van der Waals surface area (Å²) in [6, 6.07) is 5.40. The average molecular weight is 304 g/mol. The number of aromatic nitrogens is 2. The summed E-state index contributed by atoms with van der Waals surface area (Å²) in [4.78, 5) is 18.1. The fourth-order valence-electron chi connectivity index (χ4n) is 2.02. The Bertz CT molecular complexity index is 723. The second kappa shape index (κ2) is 5.69. The van der Waals surface area contributed by atoms with E-state index in [4.69, 9.17) is 15.3 Å². The molecule has 10 nitrogen and oxygen atoms in total. The van der Waals surface area contributed by atoms with E-state index in [1.165, 1.54) is 6.33 Å². The fourth-order valence-corrected chi connectivity index (χ4v) is 2.02. The predicted octanol–water partition coefficient (Wildman–Crippen LogP) is 1.01. The lowest BCUT2D eigenvalue weighted by Gasteiger charge is -2.08. The number of benzene rings is 1. The van der Waals surface area contributed by atoms with Crippen molar-refractivity contribution in [3.8, 4) is 11.5 Å². The van der Waals surface area contributed by atoms with E-state index in [2.05, 4.69) is 20.7 Å². The van der Waals surface area contributed by atoms with Gasteiger partial charge in [-0.1, -0.05) is 6.07 Å². The molecule has 1 aromatic heterocycles. The Kier molecular flexibility index (Phi) is 3.58. The number of hydrazine groups is 1. The highest BCUT2D eigenvalue weighted by molar-refractivity contribution is 5.68. The predicted molar refractivity (Wildman–Crippen MR) is 76.4 cm³/mol. The maximum atomic E-state index is 11.1. The molecule has 22 heavy (non-hydrogen) atoms. The number of anilines is 2. The van der Waals surface area contributed by atoms with Crippen LogP contribution < -0.4 is 26.1 Å². The first kappa shape index (κ1) is 13.8. The third kappa shape index (κ3) is 2.54. The van der Waals surface area contributed by atoms with Crippen LogP contribution in [0.1, 0.15) is 5.56 Å². The summed E-state index contributed by atoms with van der Waals surface area (Å²) >= 11 is 0.